The molecule has 0 aliphatic carbocycles. The largest absolute Gasteiger partial charge is 0.480 e. The zero-order valence-corrected chi connectivity index (χ0v) is 13.4. The molecule has 98 valence electrons. The van der Waals surface area contributed by atoms with Crippen LogP contribution in [0.1, 0.15) is 6.92 Å². The normalized spacial score (nSPS) is 11.9. The van der Waals surface area contributed by atoms with Gasteiger partial charge < -0.3 is 10.4 Å². The molecule has 0 saturated carbocycles. The maximum absolute atomic E-state index is 11.6. The van der Waals surface area contributed by atoms with Crippen molar-refractivity contribution in [2.24, 2.45) is 0 Å². The lowest BCUT2D eigenvalue weighted by Gasteiger charge is -2.09. The number of thioether (sulfide) groups is 1. The summed E-state index contributed by atoms with van der Waals surface area (Å²) in [7, 11) is 0. The molecule has 0 bridgehead atoms. The average Bonchev–Trinajstić information content (AvgIpc) is 2.29. The van der Waals surface area contributed by atoms with Crippen molar-refractivity contribution in [3.8, 4) is 0 Å². The molecule has 0 heterocycles. The van der Waals surface area contributed by atoms with E-state index in [0.29, 0.717) is 5.69 Å². The number of aliphatic carboxylic acids is 1. The van der Waals surface area contributed by atoms with Gasteiger partial charge >= 0.3 is 5.97 Å². The Bertz CT molecular complexity index is 468. The SMILES string of the molecule is CC(SCC(=O)Nc1ccc(Br)cc1Br)C(=O)O. The van der Waals surface area contributed by atoms with Crippen LogP contribution in [0.4, 0.5) is 5.69 Å². The standard InChI is InChI=1S/C11H11Br2NO3S/c1-6(11(16)17)18-5-10(15)14-9-3-2-7(12)4-8(9)13/h2-4,6H,5H2,1H3,(H,14,15)(H,16,17). The fourth-order valence-corrected chi connectivity index (χ4v) is 2.81. The average molecular weight is 397 g/mol. The molecule has 7 heteroatoms. The maximum Gasteiger partial charge on any atom is 0.316 e. The summed E-state index contributed by atoms with van der Waals surface area (Å²) in [5.41, 5.74) is 0.659. The van der Waals surface area contributed by atoms with E-state index in [0.717, 1.165) is 20.7 Å². The lowest BCUT2D eigenvalue weighted by Crippen LogP contribution is -2.19. The monoisotopic (exact) mass is 395 g/mol. The molecular weight excluding hydrogens is 386 g/mol. The predicted molar refractivity (Wildman–Crippen MR) is 80.0 cm³/mol. The van der Waals surface area contributed by atoms with Crippen molar-refractivity contribution in [3.05, 3.63) is 27.1 Å². The van der Waals surface area contributed by atoms with Crippen LogP contribution in [0.3, 0.4) is 0 Å². The Morgan fingerprint density at radius 3 is 2.67 bits per heavy atom. The minimum Gasteiger partial charge on any atom is -0.480 e. The van der Waals surface area contributed by atoms with Crippen LogP contribution >= 0.6 is 43.6 Å². The van der Waals surface area contributed by atoms with E-state index < -0.39 is 11.2 Å². The second-order valence-corrected chi connectivity index (χ2v) is 6.56. The van der Waals surface area contributed by atoms with Gasteiger partial charge in [-0.2, -0.15) is 0 Å². The Kier molecular flexibility index (Phi) is 6.17. The van der Waals surface area contributed by atoms with Crippen LogP contribution in [0.5, 0.6) is 0 Å². The quantitative estimate of drug-likeness (QED) is 0.800. The highest BCUT2D eigenvalue weighted by Gasteiger charge is 2.14. The summed E-state index contributed by atoms with van der Waals surface area (Å²) in [5, 5.41) is 10.8. The highest BCUT2D eigenvalue weighted by Crippen LogP contribution is 2.26. The van der Waals surface area contributed by atoms with E-state index in [2.05, 4.69) is 37.2 Å². The maximum atomic E-state index is 11.6. The Labute approximate surface area is 126 Å². The summed E-state index contributed by atoms with van der Waals surface area (Å²) < 4.78 is 1.67. The molecule has 4 nitrogen and oxygen atoms in total. The second kappa shape index (κ2) is 7.16. The number of anilines is 1. The summed E-state index contributed by atoms with van der Waals surface area (Å²) in [6, 6.07) is 5.40. The number of benzene rings is 1. The number of carbonyl (C=O) groups is 2. The van der Waals surface area contributed by atoms with Crippen LogP contribution in [-0.4, -0.2) is 28.0 Å². The van der Waals surface area contributed by atoms with E-state index in [4.69, 9.17) is 5.11 Å². The van der Waals surface area contributed by atoms with Gasteiger partial charge in [-0.15, -0.1) is 11.8 Å². The number of carbonyl (C=O) groups excluding carboxylic acids is 1. The number of rotatable bonds is 5. The van der Waals surface area contributed by atoms with E-state index in [1.54, 1.807) is 13.0 Å². The van der Waals surface area contributed by atoms with Gasteiger partial charge in [0.05, 0.1) is 16.7 Å². The van der Waals surface area contributed by atoms with Crippen LogP contribution in [0.15, 0.2) is 27.1 Å². The summed E-state index contributed by atoms with van der Waals surface area (Å²) in [6.07, 6.45) is 0. The van der Waals surface area contributed by atoms with Gasteiger partial charge in [0.2, 0.25) is 5.91 Å². The first-order valence-corrected chi connectivity index (χ1v) is 7.63. The van der Waals surface area contributed by atoms with Crippen LogP contribution in [0, 0.1) is 0 Å². The number of nitrogens with one attached hydrogen (secondary N) is 1. The van der Waals surface area contributed by atoms with Crippen molar-refractivity contribution < 1.29 is 14.7 Å². The molecule has 0 fully saturated rings. The lowest BCUT2D eigenvalue weighted by atomic mass is 10.3. The molecule has 1 unspecified atom stereocenters. The van der Waals surface area contributed by atoms with Gasteiger partial charge in [-0.25, -0.2) is 0 Å². The first kappa shape index (κ1) is 15.5. The van der Waals surface area contributed by atoms with Gasteiger partial charge in [0.25, 0.3) is 0 Å². The van der Waals surface area contributed by atoms with Crippen molar-refractivity contribution in [1.29, 1.82) is 0 Å². The van der Waals surface area contributed by atoms with E-state index >= 15 is 0 Å². The predicted octanol–water partition coefficient (Wildman–Crippen LogP) is 3.36. The second-order valence-electron chi connectivity index (χ2n) is 3.46. The Morgan fingerprint density at radius 1 is 1.44 bits per heavy atom. The van der Waals surface area contributed by atoms with Gasteiger partial charge in [-0.05, 0) is 41.1 Å². The van der Waals surface area contributed by atoms with Gasteiger partial charge in [-0.3, -0.25) is 9.59 Å². The smallest absolute Gasteiger partial charge is 0.316 e. The molecular formula is C11H11Br2NO3S. The number of carboxylic acid groups (broad SMARTS) is 1. The van der Waals surface area contributed by atoms with Crippen molar-refractivity contribution in [1.82, 2.24) is 0 Å². The Hall–Kier alpha value is -0.530. The lowest BCUT2D eigenvalue weighted by molar-refractivity contribution is -0.136. The molecule has 1 aromatic carbocycles. The first-order chi connectivity index (χ1) is 8.40. The molecule has 1 aromatic rings. The number of hydrogen-bond acceptors (Lipinski definition) is 3. The summed E-state index contributed by atoms with van der Waals surface area (Å²) in [6.45, 7) is 1.55. The molecule has 0 aromatic heterocycles. The van der Waals surface area contributed by atoms with Crippen LogP contribution in [-0.2, 0) is 9.59 Å². The molecule has 0 saturated heterocycles. The number of amides is 1. The summed E-state index contributed by atoms with van der Waals surface area (Å²) in [5.74, 6) is -1.04. The van der Waals surface area contributed by atoms with E-state index in [1.165, 1.54) is 0 Å². The number of hydrogen-bond donors (Lipinski definition) is 2. The van der Waals surface area contributed by atoms with Gasteiger partial charge in [0.1, 0.15) is 0 Å². The molecule has 1 rings (SSSR count). The Balaban J connectivity index is 2.52. The summed E-state index contributed by atoms with van der Waals surface area (Å²) in [4.78, 5) is 22.2. The van der Waals surface area contributed by atoms with Crippen molar-refractivity contribution >= 4 is 61.2 Å². The number of halogens is 2. The van der Waals surface area contributed by atoms with Crippen LogP contribution in [0.25, 0.3) is 0 Å². The fraction of sp³-hybridized carbons (Fsp3) is 0.273. The zero-order valence-electron chi connectivity index (χ0n) is 9.44. The molecule has 0 aliphatic heterocycles. The van der Waals surface area contributed by atoms with Crippen molar-refractivity contribution in [2.75, 3.05) is 11.1 Å². The molecule has 0 radical (unpaired) electrons. The highest BCUT2D eigenvalue weighted by atomic mass is 79.9. The van der Waals surface area contributed by atoms with Gasteiger partial charge in [-0.1, -0.05) is 15.9 Å². The van der Waals surface area contributed by atoms with E-state index in [1.807, 2.05) is 12.1 Å². The molecule has 1 atom stereocenters. The third-order valence-corrected chi connectivity index (χ3v) is 4.30. The third kappa shape index (κ3) is 4.99. The molecule has 0 spiro atoms. The van der Waals surface area contributed by atoms with Crippen molar-refractivity contribution in [2.45, 2.75) is 12.2 Å². The topological polar surface area (TPSA) is 66.4 Å². The molecule has 0 aliphatic rings. The minimum absolute atomic E-state index is 0.107. The van der Waals surface area contributed by atoms with Gasteiger partial charge in [0.15, 0.2) is 0 Å². The van der Waals surface area contributed by atoms with Crippen LogP contribution in [0.2, 0.25) is 0 Å². The first-order valence-electron chi connectivity index (χ1n) is 4.99. The highest BCUT2D eigenvalue weighted by molar-refractivity contribution is 9.11. The minimum atomic E-state index is -0.919. The van der Waals surface area contributed by atoms with Gasteiger partial charge in [0, 0.05) is 8.95 Å². The fourth-order valence-electron chi connectivity index (χ4n) is 1.05. The molecule has 2 N–H and O–H groups in total. The third-order valence-electron chi connectivity index (χ3n) is 2.02. The Morgan fingerprint density at radius 2 is 2.11 bits per heavy atom. The van der Waals surface area contributed by atoms with E-state index in [9.17, 15) is 9.59 Å². The van der Waals surface area contributed by atoms with Crippen molar-refractivity contribution in [3.63, 3.8) is 0 Å². The molecule has 1 amide bonds. The number of carboxylic acids is 1. The van der Waals surface area contributed by atoms with Crippen LogP contribution < -0.4 is 5.32 Å². The van der Waals surface area contributed by atoms with E-state index in [-0.39, 0.29) is 11.7 Å². The summed E-state index contributed by atoms with van der Waals surface area (Å²) >= 11 is 7.73. The zero-order chi connectivity index (χ0) is 13.7. The molecule has 18 heavy (non-hydrogen) atoms.